The lowest BCUT2D eigenvalue weighted by molar-refractivity contribution is 0.0697. The van der Waals surface area contributed by atoms with Gasteiger partial charge in [-0.1, -0.05) is 6.08 Å². The molecule has 0 aliphatic heterocycles. The molecule has 1 aromatic rings. The second kappa shape index (κ2) is 4.57. The van der Waals surface area contributed by atoms with Gasteiger partial charge in [0.25, 0.3) is 0 Å². The van der Waals surface area contributed by atoms with Gasteiger partial charge < -0.3 is 10.4 Å². The van der Waals surface area contributed by atoms with E-state index in [1.165, 1.54) is 0 Å². The average molecular weight is 232 g/mol. The van der Waals surface area contributed by atoms with E-state index in [2.05, 4.69) is 16.9 Å². The van der Waals surface area contributed by atoms with Gasteiger partial charge in [-0.05, 0) is 37.8 Å². The van der Waals surface area contributed by atoms with E-state index in [0.717, 1.165) is 30.5 Å². The smallest absolute Gasteiger partial charge is 0.339 e. The Bertz CT molecular complexity index is 469. The molecule has 1 atom stereocenters. The van der Waals surface area contributed by atoms with Crippen molar-refractivity contribution in [2.45, 2.75) is 32.2 Å². The molecule has 17 heavy (non-hydrogen) atoms. The number of aryl methyl sites for hydroxylation is 2. The molecule has 0 amide bonds. The summed E-state index contributed by atoms with van der Waals surface area (Å²) in [6.45, 7) is 5.58. The zero-order valence-electron chi connectivity index (χ0n) is 9.86. The van der Waals surface area contributed by atoms with E-state index < -0.39 is 5.97 Å². The van der Waals surface area contributed by atoms with E-state index in [9.17, 15) is 9.90 Å². The monoisotopic (exact) mass is 232 g/mol. The Hall–Kier alpha value is -1.84. The summed E-state index contributed by atoms with van der Waals surface area (Å²) in [6, 6.07) is 1.75. The molecule has 1 heterocycles. The van der Waals surface area contributed by atoms with Crippen LogP contribution >= 0.6 is 0 Å². The second-order valence-corrected chi connectivity index (χ2v) is 4.32. The maximum atomic E-state index is 11.2. The topological polar surface area (TPSA) is 62.2 Å². The lowest BCUT2D eigenvalue weighted by atomic mass is 10.1. The minimum atomic E-state index is -0.939. The molecule has 4 nitrogen and oxygen atoms in total. The number of pyridine rings is 1. The first-order valence-electron chi connectivity index (χ1n) is 5.77. The maximum Gasteiger partial charge on any atom is 0.339 e. The van der Waals surface area contributed by atoms with Gasteiger partial charge in [0.2, 0.25) is 0 Å². The first-order valence-corrected chi connectivity index (χ1v) is 5.77. The number of nitrogens with one attached hydrogen (secondary N) is 1. The molecule has 90 valence electrons. The van der Waals surface area contributed by atoms with Crippen LogP contribution in [-0.2, 0) is 12.8 Å². The third-order valence-corrected chi connectivity index (χ3v) is 3.00. The van der Waals surface area contributed by atoms with E-state index in [1.807, 2.05) is 6.92 Å². The van der Waals surface area contributed by atoms with Crippen LogP contribution in [0.4, 0.5) is 5.82 Å². The summed E-state index contributed by atoms with van der Waals surface area (Å²) < 4.78 is 0. The van der Waals surface area contributed by atoms with Crippen molar-refractivity contribution in [3.8, 4) is 0 Å². The number of hydrogen-bond donors (Lipinski definition) is 2. The van der Waals surface area contributed by atoms with Gasteiger partial charge in [-0.25, -0.2) is 9.78 Å². The number of nitrogens with zero attached hydrogens (tertiary/aromatic N) is 1. The Morgan fingerprint density at radius 1 is 1.65 bits per heavy atom. The van der Waals surface area contributed by atoms with Crippen molar-refractivity contribution in [2.24, 2.45) is 0 Å². The van der Waals surface area contributed by atoms with Crippen LogP contribution in [0.25, 0.3) is 0 Å². The number of carboxylic acid groups (broad SMARTS) is 1. The quantitative estimate of drug-likeness (QED) is 0.782. The van der Waals surface area contributed by atoms with Crippen molar-refractivity contribution in [2.75, 3.05) is 5.32 Å². The van der Waals surface area contributed by atoms with Crippen LogP contribution in [0.5, 0.6) is 0 Å². The number of aromatic nitrogens is 1. The number of carboxylic acids is 1. The van der Waals surface area contributed by atoms with Crippen molar-refractivity contribution < 1.29 is 9.90 Å². The molecule has 0 aromatic carbocycles. The van der Waals surface area contributed by atoms with Crippen LogP contribution in [0.1, 0.15) is 35.0 Å². The van der Waals surface area contributed by atoms with Crippen molar-refractivity contribution >= 4 is 11.8 Å². The second-order valence-electron chi connectivity index (χ2n) is 4.32. The molecular weight excluding hydrogens is 216 g/mol. The van der Waals surface area contributed by atoms with Crippen molar-refractivity contribution in [3.05, 3.63) is 35.5 Å². The van der Waals surface area contributed by atoms with E-state index in [0.29, 0.717) is 5.82 Å². The molecule has 0 bridgehead atoms. The van der Waals surface area contributed by atoms with E-state index in [4.69, 9.17) is 0 Å². The van der Waals surface area contributed by atoms with E-state index in [1.54, 1.807) is 12.1 Å². The lowest BCUT2D eigenvalue weighted by Gasteiger charge is -2.14. The zero-order valence-corrected chi connectivity index (χ0v) is 9.86. The lowest BCUT2D eigenvalue weighted by Crippen LogP contribution is -2.17. The van der Waals surface area contributed by atoms with Crippen LogP contribution in [0.15, 0.2) is 18.7 Å². The van der Waals surface area contributed by atoms with E-state index in [-0.39, 0.29) is 11.6 Å². The highest BCUT2D eigenvalue weighted by Gasteiger charge is 2.20. The molecule has 1 unspecified atom stereocenters. The maximum absolute atomic E-state index is 11.2. The molecule has 2 rings (SSSR count). The average Bonchev–Trinajstić information content (AvgIpc) is 2.74. The van der Waals surface area contributed by atoms with Crippen molar-refractivity contribution in [1.82, 2.24) is 4.98 Å². The van der Waals surface area contributed by atoms with Gasteiger partial charge in [-0.3, -0.25) is 0 Å². The molecule has 1 aromatic heterocycles. The molecule has 0 spiro atoms. The number of anilines is 1. The summed E-state index contributed by atoms with van der Waals surface area (Å²) in [5.74, 6) is -0.489. The summed E-state index contributed by atoms with van der Waals surface area (Å²) in [6.07, 6.45) is 4.65. The Morgan fingerprint density at radius 3 is 3.06 bits per heavy atom. The van der Waals surface area contributed by atoms with Crippen molar-refractivity contribution in [3.63, 3.8) is 0 Å². The molecule has 0 saturated carbocycles. The summed E-state index contributed by atoms with van der Waals surface area (Å²) in [5, 5.41) is 12.2. The first-order chi connectivity index (χ1) is 8.11. The van der Waals surface area contributed by atoms with Crippen molar-refractivity contribution in [1.29, 1.82) is 0 Å². The molecule has 4 heteroatoms. The van der Waals surface area contributed by atoms with Gasteiger partial charge in [0.05, 0.1) is 0 Å². The van der Waals surface area contributed by atoms with Gasteiger partial charge in [-0.15, -0.1) is 6.58 Å². The minimum Gasteiger partial charge on any atom is -0.478 e. The van der Waals surface area contributed by atoms with Crippen LogP contribution < -0.4 is 5.32 Å². The third-order valence-electron chi connectivity index (χ3n) is 3.00. The molecule has 2 N–H and O–H groups in total. The third kappa shape index (κ3) is 2.30. The Labute approximate surface area is 100 Å². The first kappa shape index (κ1) is 11.6. The van der Waals surface area contributed by atoms with Crippen LogP contribution in [0.2, 0.25) is 0 Å². The molecular formula is C13H16N2O2. The Kier molecular flexibility index (Phi) is 3.13. The molecule has 1 aliphatic rings. The summed E-state index contributed by atoms with van der Waals surface area (Å²) in [5.41, 5.74) is 2.34. The van der Waals surface area contributed by atoms with Crippen LogP contribution in [0, 0.1) is 0 Å². The largest absolute Gasteiger partial charge is 0.478 e. The highest BCUT2D eigenvalue weighted by atomic mass is 16.4. The molecule has 0 radical (unpaired) electrons. The van der Waals surface area contributed by atoms with Gasteiger partial charge in [-0.2, -0.15) is 0 Å². The van der Waals surface area contributed by atoms with Crippen LogP contribution in [-0.4, -0.2) is 22.1 Å². The SMILES string of the molecule is C=CC(C)Nc1nc2c(cc1C(=O)O)CCC2. The Morgan fingerprint density at radius 2 is 2.41 bits per heavy atom. The predicted molar refractivity (Wildman–Crippen MR) is 66.5 cm³/mol. The Balaban J connectivity index is 2.41. The summed E-state index contributed by atoms with van der Waals surface area (Å²) >= 11 is 0. The number of aromatic carboxylic acids is 1. The molecule has 1 aliphatic carbocycles. The normalized spacial score (nSPS) is 15.1. The molecule has 0 fully saturated rings. The highest BCUT2D eigenvalue weighted by Crippen LogP contribution is 2.25. The minimum absolute atomic E-state index is 0.0000491. The van der Waals surface area contributed by atoms with Gasteiger partial charge in [0.15, 0.2) is 0 Å². The van der Waals surface area contributed by atoms with E-state index >= 15 is 0 Å². The standard InChI is InChI=1S/C13H16N2O2/c1-3-8(2)14-12-10(13(16)17)7-9-5-4-6-11(9)15-12/h3,7-8H,1,4-6H2,2H3,(H,14,15)(H,16,17). The summed E-state index contributed by atoms with van der Waals surface area (Å²) in [4.78, 5) is 15.6. The number of carbonyl (C=O) groups is 1. The number of hydrogen-bond acceptors (Lipinski definition) is 3. The van der Waals surface area contributed by atoms with Gasteiger partial charge >= 0.3 is 5.97 Å². The highest BCUT2D eigenvalue weighted by molar-refractivity contribution is 5.93. The van der Waals surface area contributed by atoms with Gasteiger partial charge in [0, 0.05) is 11.7 Å². The predicted octanol–water partition coefficient (Wildman–Crippen LogP) is 2.25. The molecule has 0 saturated heterocycles. The summed E-state index contributed by atoms with van der Waals surface area (Å²) in [7, 11) is 0. The number of rotatable bonds is 4. The van der Waals surface area contributed by atoms with Crippen LogP contribution in [0.3, 0.4) is 0 Å². The fraction of sp³-hybridized carbons (Fsp3) is 0.385. The van der Waals surface area contributed by atoms with Gasteiger partial charge in [0.1, 0.15) is 11.4 Å². The fourth-order valence-corrected chi connectivity index (χ4v) is 2.02. The zero-order chi connectivity index (χ0) is 12.4. The number of fused-ring (bicyclic) bond motifs is 1. The fourth-order valence-electron chi connectivity index (χ4n) is 2.02.